The van der Waals surface area contributed by atoms with E-state index in [0.29, 0.717) is 6.42 Å². The molecule has 0 unspecified atom stereocenters. The second kappa shape index (κ2) is 18.6. The third kappa shape index (κ3) is 30.7. The molecule has 0 aliphatic carbocycles. The minimum Gasteiger partial charge on any atom is -0.298 e. The molecule has 0 saturated heterocycles. The van der Waals surface area contributed by atoms with Gasteiger partial charge in [0.2, 0.25) is 0 Å². The minimum atomic E-state index is -0.510. The molecular formula is C30H60O9. The highest BCUT2D eigenvalue weighted by Gasteiger charge is 2.28. The van der Waals surface area contributed by atoms with E-state index in [9.17, 15) is 14.4 Å². The zero-order chi connectivity index (χ0) is 31.7. The molecule has 0 atom stereocenters. The summed E-state index contributed by atoms with van der Waals surface area (Å²) in [5.74, 6) is -0.956. The number of unbranched alkanes of at least 4 members (excludes halogenated alkanes) is 3. The molecule has 0 bridgehead atoms. The van der Waals surface area contributed by atoms with E-state index in [1.165, 1.54) is 12.8 Å². The SMILES string of the molecule is CC(C)(C)OOC(=O)C(C)(C)C.CCC(C)(C)OOC(=O)C(C)(C)C.CCCCCCC(=O)OOC(C)(C)C. The average molecular weight is 565 g/mol. The van der Waals surface area contributed by atoms with Crippen LogP contribution in [0.4, 0.5) is 0 Å². The van der Waals surface area contributed by atoms with Gasteiger partial charge in [-0.1, -0.05) is 33.1 Å². The van der Waals surface area contributed by atoms with Crippen molar-refractivity contribution in [2.45, 2.75) is 166 Å². The number of hydrogen-bond donors (Lipinski definition) is 0. The monoisotopic (exact) mass is 564 g/mol. The van der Waals surface area contributed by atoms with E-state index >= 15 is 0 Å². The van der Waals surface area contributed by atoms with E-state index in [1.54, 1.807) is 41.5 Å². The molecular weight excluding hydrogens is 504 g/mol. The lowest BCUT2D eigenvalue weighted by molar-refractivity contribution is -0.330. The predicted molar refractivity (Wildman–Crippen MR) is 153 cm³/mol. The Morgan fingerprint density at radius 3 is 1.23 bits per heavy atom. The van der Waals surface area contributed by atoms with Crippen molar-refractivity contribution in [2.75, 3.05) is 0 Å². The van der Waals surface area contributed by atoms with Crippen molar-refractivity contribution in [3.8, 4) is 0 Å². The molecule has 0 rings (SSSR count). The van der Waals surface area contributed by atoms with E-state index in [1.807, 2.05) is 62.3 Å². The van der Waals surface area contributed by atoms with Gasteiger partial charge in [0.1, 0.15) is 16.8 Å². The van der Waals surface area contributed by atoms with Crippen LogP contribution in [0.3, 0.4) is 0 Å². The maximum Gasteiger partial charge on any atom is 0.347 e. The summed E-state index contributed by atoms with van der Waals surface area (Å²) in [5.41, 5.74) is -2.28. The van der Waals surface area contributed by atoms with E-state index in [-0.39, 0.29) is 17.9 Å². The fourth-order valence-corrected chi connectivity index (χ4v) is 1.53. The first-order valence-electron chi connectivity index (χ1n) is 14.0. The quantitative estimate of drug-likeness (QED) is 0.147. The van der Waals surface area contributed by atoms with E-state index in [4.69, 9.17) is 19.6 Å². The molecule has 39 heavy (non-hydrogen) atoms. The van der Waals surface area contributed by atoms with Gasteiger partial charge in [0.15, 0.2) is 0 Å². The Labute approximate surface area is 238 Å². The topological polar surface area (TPSA) is 107 Å². The van der Waals surface area contributed by atoms with Gasteiger partial charge in [-0.2, -0.15) is 14.7 Å². The van der Waals surface area contributed by atoms with E-state index < -0.39 is 27.6 Å². The predicted octanol–water partition coefficient (Wildman–Crippen LogP) is 8.23. The molecule has 9 nitrogen and oxygen atoms in total. The fraction of sp³-hybridized carbons (Fsp3) is 0.900. The van der Waals surface area contributed by atoms with Gasteiger partial charge in [0, 0.05) is 6.42 Å². The summed E-state index contributed by atoms with van der Waals surface area (Å²) in [4.78, 5) is 62.3. The summed E-state index contributed by atoms with van der Waals surface area (Å²) in [6, 6.07) is 0. The molecule has 9 heteroatoms. The van der Waals surface area contributed by atoms with Gasteiger partial charge in [-0.05, 0) is 110 Å². The lowest BCUT2D eigenvalue weighted by Gasteiger charge is -2.23. The molecule has 0 radical (unpaired) electrons. The highest BCUT2D eigenvalue weighted by Crippen LogP contribution is 2.20. The van der Waals surface area contributed by atoms with Crippen LogP contribution in [0, 0.1) is 10.8 Å². The molecule has 0 fully saturated rings. The van der Waals surface area contributed by atoms with Crippen LogP contribution in [-0.2, 0) is 43.7 Å². The van der Waals surface area contributed by atoms with E-state index in [0.717, 1.165) is 19.3 Å². The summed E-state index contributed by atoms with van der Waals surface area (Å²) in [6.07, 6.45) is 5.57. The van der Waals surface area contributed by atoms with Crippen molar-refractivity contribution in [3.05, 3.63) is 0 Å². The average Bonchev–Trinajstić information content (AvgIpc) is 2.76. The highest BCUT2D eigenvalue weighted by molar-refractivity contribution is 5.75. The van der Waals surface area contributed by atoms with Gasteiger partial charge in [-0.15, -0.1) is 0 Å². The third-order valence-corrected chi connectivity index (χ3v) is 4.41. The van der Waals surface area contributed by atoms with Gasteiger partial charge in [0.05, 0.1) is 10.8 Å². The lowest BCUT2D eigenvalue weighted by atomic mass is 9.98. The third-order valence-electron chi connectivity index (χ3n) is 4.41. The van der Waals surface area contributed by atoms with E-state index in [2.05, 4.69) is 16.7 Å². The summed E-state index contributed by atoms with van der Waals surface area (Å²) < 4.78 is 0. The van der Waals surface area contributed by atoms with Crippen molar-refractivity contribution in [1.29, 1.82) is 0 Å². The zero-order valence-corrected chi connectivity index (χ0v) is 27.9. The van der Waals surface area contributed by atoms with Crippen molar-refractivity contribution < 1.29 is 43.7 Å². The van der Waals surface area contributed by atoms with Crippen molar-refractivity contribution in [3.63, 3.8) is 0 Å². The van der Waals surface area contributed by atoms with Gasteiger partial charge in [0.25, 0.3) is 0 Å². The molecule has 0 aromatic rings. The summed E-state index contributed by atoms with van der Waals surface area (Å²) in [7, 11) is 0. The molecule has 0 heterocycles. The molecule has 234 valence electrons. The smallest absolute Gasteiger partial charge is 0.298 e. The largest absolute Gasteiger partial charge is 0.347 e. The summed E-state index contributed by atoms with van der Waals surface area (Å²) >= 11 is 0. The highest BCUT2D eigenvalue weighted by atomic mass is 17.2. The van der Waals surface area contributed by atoms with Gasteiger partial charge in [-0.3, -0.25) is 14.7 Å². The van der Waals surface area contributed by atoms with Crippen LogP contribution in [0.5, 0.6) is 0 Å². The number of carbonyl (C=O) groups is 3. The Morgan fingerprint density at radius 1 is 0.513 bits per heavy atom. The Hall–Kier alpha value is -1.71. The van der Waals surface area contributed by atoms with Gasteiger partial charge < -0.3 is 0 Å². The standard InChI is InChI=1S/C11H22O3.C10H20O3.C9H18O3/c1-5-6-7-8-9-10(12)13-14-11(2,3)4;1-7-10(5,6)13-12-8(11)9(2,3)4;1-8(2,3)7(10)11-12-9(4,5)6/h5-9H2,1-4H3;7H2,1-6H3;1-6H3. The van der Waals surface area contributed by atoms with Crippen LogP contribution in [0.2, 0.25) is 0 Å². The van der Waals surface area contributed by atoms with Crippen molar-refractivity contribution >= 4 is 17.9 Å². The van der Waals surface area contributed by atoms with Gasteiger partial charge in [-0.25, -0.2) is 14.4 Å². The van der Waals surface area contributed by atoms with Crippen LogP contribution < -0.4 is 0 Å². The molecule has 0 aliphatic heterocycles. The first kappa shape index (κ1) is 41.8. The summed E-state index contributed by atoms with van der Waals surface area (Å²) in [6.45, 7) is 29.6. The Balaban J connectivity index is -0.000000500. The first-order valence-corrected chi connectivity index (χ1v) is 14.0. The molecule has 0 amide bonds. The Morgan fingerprint density at radius 2 is 0.897 bits per heavy atom. The van der Waals surface area contributed by atoms with Crippen LogP contribution in [0.25, 0.3) is 0 Å². The lowest BCUT2D eigenvalue weighted by Crippen LogP contribution is -2.30. The molecule has 0 saturated carbocycles. The van der Waals surface area contributed by atoms with Crippen LogP contribution in [-0.4, -0.2) is 34.7 Å². The molecule has 0 aliphatic rings. The first-order chi connectivity index (χ1) is 17.3. The fourth-order valence-electron chi connectivity index (χ4n) is 1.53. The van der Waals surface area contributed by atoms with Crippen LogP contribution >= 0.6 is 0 Å². The maximum absolute atomic E-state index is 11.3. The van der Waals surface area contributed by atoms with Crippen molar-refractivity contribution in [1.82, 2.24) is 0 Å². The van der Waals surface area contributed by atoms with Crippen LogP contribution in [0.15, 0.2) is 0 Å². The molecule has 0 N–H and O–H groups in total. The molecule has 0 aromatic carbocycles. The zero-order valence-electron chi connectivity index (χ0n) is 27.9. The minimum absolute atomic E-state index is 0.268. The second-order valence-corrected chi connectivity index (χ2v) is 14.1. The number of rotatable bonds is 10. The number of carbonyl (C=O) groups excluding carboxylic acids is 3. The van der Waals surface area contributed by atoms with Gasteiger partial charge >= 0.3 is 17.9 Å². The van der Waals surface area contributed by atoms with Crippen molar-refractivity contribution in [2.24, 2.45) is 10.8 Å². The molecule has 0 spiro atoms. The normalized spacial score (nSPS) is 12.3. The second-order valence-electron chi connectivity index (χ2n) is 14.1. The Bertz CT molecular complexity index is 685. The molecule has 0 aromatic heterocycles. The Kier molecular flexibility index (Phi) is 19.9. The summed E-state index contributed by atoms with van der Waals surface area (Å²) in [5, 5.41) is 0. The number of hydrogen-bond acceptors (Lipinski definition) is 9. The van der Waals surface area contributed by atoms with Crippen LogP contribution in [0.1, 0.15) is 149 Å². The maximum atomic E-state index is 11.3.